The minimum Gasteiger partial charge on any atom is -0.497 e. The first kappa shape index (κ1) is 22.9. The third-order valence-electron chi connectivity index (χ3n) is 5.83. The van der Waals surface area contributed by atoms with Crippen LogP contribution >= 0.6 is 0 Å². The highest BCUT2D eigenvalue weighted by atomic mass is 16.5. The summed E-state index contributed by atoms with van der Waals surface area (Å²) in [4.78, 5) is 15.6. The lowest BCUT2D eigenvalue weighted by atomic mass is 10.2. The summed E-state index contributed by atoms with van der Waals surface area (Å²) < 4.78 is 16.6. The predicted molar refractivity (Wildman–Crippen MR) is 120 cm³/mol. The quantitative estimate of drug-likeness (QED) is 0.508. The molecule has 2 aromatic rings. The Labute approximate surface area is 184 Å². The normalized spacial score (nSPS) is 19.3. The van der Waals surface area contributed by atoms with Gasteiger partial charge in [0.25, 0.3) is 5.91 Å². The average Bonchev–Trinajstić information content (AvgIpc) is 2.81. The van der Waals surface area contributed by atoms with Gasteiger partial charge in [-0.3, -0.25) is 4.79 Å². The number of amides is 1. The van der Waals surface area contributed by atoms with E-state index in [2.05, 4.69) is 5.32 Å². The Morgan fingerprint density at radius 3 is 2.35 bits per heavy atom. The van der Waals surface area contributed by atoms with Crippen LogP contribution in [0, 0.1) is 0 Å². The molecule has 0 unspecified atom stereocenters. The molecule has 1 aliphatic heterocycles. The third-order valence-corrected chi connectivity index (χ3v) is 5.83. The maximum Gasteiger partial charge on any atom is 0.282 e. The first-order valence-electron chi connectivity index (χ1n) is 11.1. The molecule has 0 aromatic heterocycles. The van der Waals surface area contributed by atoms with Gasteiger partial charge in [0, 0.05) is 0 Å². The molecule has 7 heteroatoms. The predicted octanol–water partition coefficient (Wildman–Crippen LogP) is 0.283. The largest absolute Gasteiger partial charge is 0.497 e. The van der Waals surface area contributed by atoms with Gasteiger partial charge in [0.15, 0.2) is 6.04 Å². The molecule has 0 spiro atoms. The fraction of sp³-hybridized carbons (Fsp3) is 0.458. The molecule has 31 heavy (non-hydrogen) atoms. The molecule has 1 fully saturated rings. The lowest BCUT2D eigenvalue weighted by Crippen LogP contribution is -3.30. The molecule has 3 rings (SSSR count). The Morgan fingerprint density at radius 1 is 1.00 bits per heavy atom. The molecule has 1 amide bonds. The lowest BCUT2D eigenvalue weighted by Gasteiger charge is -2.32. The first-order valence-corrected chi connectivity index (χ1v) is 11.1. The fourth-order valence-electron chi connectivity index (χ4n) is 3.87. The molecule has 3 N–H and O–H groups in total. The number of carbonyl (C=O) groups excluding carboxylic acids is 1. The van der Waals surface area contributed by atoms with Crippen molar-refractivity contribution in [1.29, 1.82) is 0 Å². The summed E-state index contributed by atoms with van der Waals surface area (Å²) in [6.45, 7) is 10.2. The van der Waals surface area contributed by atoms with Crippen molar-refractivity contribution in [3.8, 4) is 17.2 Å². The van der Waals surface area contributed by atoms with Crippen LogP contribution in [0.1, 0.15) is 13.8 Å². The summed E-state index contributed by atoms with van der Waals surface area (Å²) >= 11 is 0. The molecule has 2 aromatic carbocycles. The number of ether oxygens (including phenoxy) is 3. The molecule has 168 valence electrons. The Kier molecular flexibility index (Phi) is 8.55. The van der Waals surface area contributed by atoms with Crippen molar-refractivity contribution in [1.82, 2.24) is 0 Å². The van der Waals surface area contributed by atoms with E-state index in [-0.39, 0.29) is 11.9 Å². The van der Waals surface area contributed by atoms with Crippen molar-refractivity contribution >= 4 is 11.6 Å². The molecule has 0 aliphatic carbocycles. The van der Waals surface area contributed by atoms with Crippen LogP contribution in [0.5, 0.6) is 17.2 Å². The number of carbonyl (C=O) groups is 1. The number of rotatable bonds is 10. The molecule has 0 radical (unpaired) electrons. The number of nitrogens with one attached hydrogen (secondary N) is 3. The van der Waals surface area contributed by atoms with Crippen molar-refractivity contribution in [2.75, 3.05) is 58.4 Å². The van der Waals surface area contributed by atoms with Gasteiger partial charge in [-0.05, 0) is 50.2 Å². The zero-order valence-electron chi connectivity index (χ0n) is 18.8. The minimum absolute atomic E-state index is 0.0356. The van der Waals surface area contributed by atoms with E-state index in [4.69, 9.17) is 14.2 Å². The number of benzene rings is 2. The minimum atomic E-state index is -0.105. The Balaban J connectivity index is 1.40. The van der Waals surface area contributed by atoms with Crippen molar-refractivity contribution < 1.29 is 28.8 Å². The van der Waals surface area contributed by atoms with Gasteiger partial charge >= 0.3 is 0 Å². The van der Waals surface area contributed by atoms with Crippen LogP contribution in [0.25, 0.3) is 0 Å². The van der Waals surface area contributed by atoms with Gasteiger partial charge in [0.2, 0.25) is 0 Å². The van der Waals surface area contributed by atoms with Crippen LogP contribution in [0.3, 0.4) is 0 Å². The van der Waals surface area contributed by atoms with Crippen molar-refractivity contribution in [2.45, 2.75) is 19.9 Å². The van der Waals surface area contributed by atoms with Crippen molar-refractivity contribution in [2.24, 2.45) is 0 Å². The summed E-state index contributed by atoms with van der Waals surface area (Å²) in [5, 5.41) is 3.04. The van der Waals surface area contributed by atoms with Crippen LogP contribution in [-0.2, 0) is 4.79 Å². The molecule has 0 bridgehead atoms. The highest BCUT2D eigenvalue weighted by molar-refractivity contribution is 5.94. The molecule has 1 saturated heterocycles. The van der Waals surface area contributed by atoms with E-state index < -0.39 is 0 Å². The van der Waals surface area contributed by atoms with Crippen LogP contribution in [0.4, 0.5) is 5.69 Å². The van der Waals surface area contributed by atoms with Gasteiger partial charge in [-0.1, -0.05) is 12.1 Å². The number of piperazine rings is 1. The maximum absolute atomic E-state index is 12.8. The number of anilines is 1. The topological polar surface area (TPSA) is 65.7 Å². The zero-order valence-corrected chi connectivity index (χ0v) is 18.8. The molecule has 7 nitrogen and oxygen atoms in total. The van der Waals surface area contributed by atoms with Gasteiger partial charge < -0.3 is 29.3 Å². The van der Waals surface area contributed by atoms with E-state index in [1.54, 1.807) is 7.11 Å². The Bertz CT molecular complexity index is 820. The van der Waals surface area contributed by atoms with Crippen molar-refractivity contribution in [3.05, 3.63) is 48.5 Å². The Hall–Kier alpha value is -2.77. The van der Waals surface area contributed by atoms with E-state index in [0.717, 1.165) is 49.9 Å². The zero-order chi connectivity index (χ0) is 22.1. The van der Waals surface area contributed by atoms with Gasteiger partial charge in [-0.2, -0.15) is 0 Å². The van der Waals surface area contributed by atoms with Crippen LogP contribution in [0.15, 0.2) is 48.5 Å². The number of quaternary nitrogens is 2. The van der Waals surface area contributed by atoms with E-state index >= 15 is 0 Å². The van der Waals surface area contributed by atoms with Gasteiger partial charge in [-0.15, -0.1) is 0 Å². The SMILES string of the molecule is CCOc1ccccc1NC(=O)[C@@H](C)[NH+]1CC[NH+](CCOc2ccc(OC)cc2)CC1. The molecule has 1 aliphatic rings. The summed E-state index contributed by atoms with van der Waals surface area (Å²) in [6.07, 6.45) is 0. The molecular formula is C24H35N3O4+2. The monoisotopic (exact) mass is 429 g/mol. The van der Waals surface area contributed by atoms with Crippen molar-refractivity contribution in [3.63, 3.8) is 0 Å². The highest BCUT2D eigenvalue weighted by Gasteiger charge is 2.31. The lowest BCUT2D eigenvalue weighted by molar-refractivity contribution is -1.02. The summed E-state index contributed by atoms with van der Waals surface area (Å²) in [6, 6.07) is 15.2. The Morgan fingerprint density at radius 2 is 1.68 bits per heavy atom. The van der Waals surface area contributed by atoms with E-state index in [1.807, 2.05) is 62.4 Å². The maximum atomic E-state index is 12.8. The smallest absolute Gasteiger partial charge is 0.282 e. The number of para-hydroxylation sites is 2. The average molecular weight is 430 g/mol. The molecular weight excluding hydrogens is 394 g/mol. The first-order chi connectivity index (χ1) is 15.1. The number of hydrogen-bond donors (Lipinski definition) is 3. The molecule has 1 heterocycles. The van der Waals surface area contributed by atoms with Gasteiger partial charge in [0.1, 0.15) is 56.6 Å². The van der Waals surface area contributed by atoms with Crippen LogP contribution < -0.4 is 29.3 Å². The third kappa shape index (κ3) is 6.60. The van der Waals surface area contributed by atoms with Gasteiger partial charge in [0.05, 0.1) is 19.4 Å². The van der Waals surface area contributed by atoms with Gasteiger partial charge in [-0.25, -0.2) is 0 Å². The van der Waals surface area contributed by atoms with E-state index in [1.165, 1.54) is 9.80 Å². The van der Waals surface area contributed by atoms with Crippen LogP contribution in [-0.4, -0.2) is 65.0 Å². The van der Waals surface area contributed by atoms with E-state index in [0.29, 0.717) is 19.0 Å². The second-order valence-electron chi connectivity index (χ2n) is 7.82. The molecule has 1 atom stereocenters. The van der Waals surface area contributed by atoms with Crippen LogP contribution in [0.2, 0.25) is 0 Å². The summed E-state index contributed by atoms with van der Waals surface area (Å²) in [7, 11) is 1.66. The number of hydrogen-bond acceptors (Lipinski definition) is 4. The fourth-order valence-corrected chi connectivity index (χ4v) is 3.87. The second kappa shape index (κ2) is 11.6. The summed E-state index contributed by atoms with van der Waals surface area (Å²) in [5.41, 5.74) is 0.737. The van der Waals surface area contributed by atoms with E-state index in [9.17, 15) is 4.79 Å². The molecule has 0 saturated carbocycles. The number of methoxy groups -OCH3 is 1. The highest BCUT2D eigenvalue weighted by Crippen LogP contribution is 2.23. The standard InChI is InChI=1S/C24H33N3O4/c1-4-30-23-8-6-5-7-22(23)25-24(28)19(2)27-15-13-26(14-16-27)17-18-31-21-11-9-20(29-3)10-12-21/h5-12,19H,4,13-18H2,1-3H3,(H,25,28)/p+2/t19-/m1/s1. The second-order valence-corrected chi connectivity index (χ2v) is 7.82. The summed E-state index contributed by atoms with van der Waals surface area (Å²) in [5.74, 6) is 2.44.